The van der Waals surface area contributed by atoms with Crippen molar-refractivity contribution in [1.29, 1.82) is 0 Å². The highest BCUT2D eigenvalue weighted by Crippen LogP contribution is 2.29. The third-order valence-electron chi connectivity index (χ3n) is 5.70. The van der Waals surface area contributed by atoms with E-state index in [1.165, 1.54) is 11.1 Å². The Kier molecular flexibility index (Phi) is 8.48. The summed E-state index contributed by atoms with van der Waals surface area (Å²) in [5.41, 5.74) is 3.81. The lowest BCUT2D eigenvalue weighted by Gasteiger charge is -2.37. The van der Waals surface area contributed by atoms with Gasteiger partial charge in [0.2, 0.25) is 10.0 Å². The van der Waals surface area contributed by atoms with Crippen LogP contribution in [0.5, 0.6) is 0 Å². The van der Waals surface area contributed by atoms with Crippen molar-refractivity contribution < 1.29 is 26.1 Å². The smallest absolute Gasteiger partial charge is 0.261 e. The maximum atomic E-state index is 11.4. The van der Waals surface area contributed by atoms with Crippen molar-refractivity contribution in [2.24, 2.45) is 5.14 Å². The number of piperazine rings is 1. The number of nitrogens with two attached hydrogens (primary N) is 1. The Bertz CT molecular complexity index is 1120. The van der Waals surface area contributed by atoms with E-state index in [0.717, 1.165) is 57.9 Å². The third kappa shape index (κ3) is 8.05. The number of sulfonamides is 1. The zero-order valence-corrected chi connectivity index (χ0v) is 20.3. The normalized spacial score (nSPS) is 19.4. The average molecular weight is 498 g/mol. The minimum atomic E-state index is -3.67. The van der Waals surface area contributed by atoms with Crippen LogP contribution in [0.2, 0.25) is 0 Å². The van der Waals surface area contributed by atoms with Gasteiger partial charge in [0.25, 0.3) is 10.1 Å². The summed E-state index contributed by atoms with van der Waals surface area (Å²) in [5, 5.41) is 5.17. The predicted octanol–water partition coefficient (Wildman–Crippen LogP) is 1.66. The highest BCUT2D eigenvalue weighted by atomic mass is 32.2. The topological polar surface area (TPSA) is 130 Å². The molecule has 11 heteroatoms. The minimum absolute atomic E-state index is 0.155. The molecule has 2 aliphatic rings. The van der Waals surface area contributed by atoms with Crippen LogP contribution in [0.15, 0.2) is 53.4 Å². The number of hydrogen-bond donors (Lipinski definition) is 2. The van der Waals surface area contributed by atoms with Crippen LogP contribution in [0.1, 0.15) is 23.7 Å². The van der Waals surface area contributed by atoms with E-state index in [2.05, 4.69) is 34.1 Å². The van der Waals surface area contributed by atoms with Gasteiger partial charge in [-0.05, 0) is 48.2 Å². The van der Waals surface area contributed by atoms with Crippen molar-refractivity contribution in [3.8, 4) is 0 Å². The Morgan fingerprint density at radius 1 is 1.00 bits per heavy atom. The molecule has 1 saturated heterocycles. The molecule has 3 N–H and O–H groups in total. The summed E-state index contributed by atoms with van der Waals surface area (Å²) in [6.45, 7) is 5.67. The van der Waals surface area contributed by atoms with Crippen LogP contribution < -0.4 is 10.0 Å². The van der Waals surface area contributed by atoms with Crippen LogP contribution in [0.3, 0.4) is 0 Å². The van der Waals surface area contributed by atoms with Gasteiger partial charge in [-0.3, -0.25) is 9.45 Å². The molecule has 0 spiro atoms. The van der Waals surface area contributed by atoms with Crippen molar-refractivity contribution >= 4 is 25.8 Å². The Morgan fingerprint density at radius 3 is 2.21 bits per heavy atom. The van der Waals surface area contributed by atoms with Gasteiger partial charge < -0.3 is 9.64 Å². The zero-order valence-electron chi connectivity index (χ0n) is 18.6. The first kappa shape index (κ1) is 25.6. The summed E-state index contributed by atoms with van der Waals surface area (Å²) in [5.74, 6) is 0. The van der Waals surface area contributed by atoms with Crippen LogP contribution >= 0.6 is 0 Å². The molecule has 0 amide bonds. The fourth-order valence-corrected chi connectivity index (χ4v) is 4.61. The first-order valence-electron chi connectivity index (χ1n) is 10.7. The first-order valence-corrected chi connectivity index (χ1v) is 14.1. The second kappa shape index (κ2) is 10.9. The molecule has 0 unspecified atom stereocenters. The summed E-state index contributed by atoms with van der Waals surface area (Å²) in [7, 11) is -7.30. The first-order chi connectivity index (χ1) is 15.5. The van der Waals surface area contributed by atoms with Gasteiger partial charge in [-0.1, -0.05) is 24.3 Å². The van der Waals surface area contributed by atoms with Gasteiger partial charge in [0.05, 0.1) is 23.9 Å². The number of benzene rings is 2. The summed E-state index contributed by atoms with van der Waals surface area (Å²) < 4.78 is 54.7. The van der Waals surface area contributed by atoms with Gasteiger partial charge in [0, 0.05) is 38.4 Å². The van der Waals surface area contributed by atoms with Crippen molar-refractivity contribution in [2.75, 3.05) is 50.5 Å². The molecule has 1 atom stereocenters. The van der Waals surface area contributed by atoms with Gasteiger partial charge in [-0.2, -0.15) is 8.42 Å². The summed E-state index contributed by atoms with van der Waals surface area (Å²) >= 11 is 0. The fraction of sp³-hybridized carbons (Fsp3) is 0.455. The molecule has 0 radical (unpaired) electrons. The number of nitrogens with zero attached hydrogens (tertiary/aromatic N) is 2. The maximum absolute atomic E-state index is 11.4. The summed E-state index contributed by atoms with van der Waals surface area (Å²) in [6.07, 6.45) is 2.94. The van der Waals surface area contributed by atoms with Gasteiger partial charge in [-0.15, -0.1) is 0 Å². The molecule has 33 heavy (non-hydrogen) atoms. The predicted molar refractivity (Wildman–Crippen MR) is 127 cm³/mol. The van der Waals surface area contributed by atoms with Gasteiger partial charge in [0.15, 0.2) is 0 Å². The molecule has 2 aromatic carbocycles. The molecule has 9 nitrogen and oxygen atoms in total. The van der Waals surface area contributed by atoms with E-state index in [-0.39, 0.29) is 11.0 Å². The standard InChI is InChI=1S/C21H27N3O3S.CH4O3S/c22-28(25,26)19-7-5-18(6-8-19)24-14-12-23(13-15-24)11-9-21-20-4-2-1-3-17(20)10-16-27-21;1-5(2,3)4/h1-8,21H,9-16H2,(H2,22,25,26);1H3,(H,2,3,4)/t21-;/m0./s1. The van der Waals surface area contributed by atoms with E-state index < -0.39 is 20.1 Å². The Hall–Kier alpha value is -2.02. The summed E-state index contributed by atoms with van der Waals surface area (Å²) in [6, 6.07) is 15.4. The molecular weight excluding hydrogens is 466 g/mol. The van der Waals surface area contributed by atoms with Crippen LogP contribution in [-0.4, -0.2) is 71.9 Å². The molecule has 2 aliphatic heterocycles. The number of ether oxygens (including phenoxy) is 1. The van der Waals surface area contributed by atoms with Crippen molar-refractivity contribution in [2.45, 2.75) is 23.8 Å². The Balaban J connectivity index is 0.000000555. The van der Waals surface area contributed by atoms with Crippen molar-refractivity contribution in [3.05, 3.63) is 59.7 Å². The number of fused-ring (bicyclic) bond motifs is 1. The lowest BCUT2D eigenvalue weighted by molar-refractivity contribution is 0.0289. The number of rotatable bonds is 5. The molecule has 0 saturated carbocycles. The fourth-order valence-electron chi connectivity index (χ4n) is 4.09. The highest BCUT2D eigenvalue weighted by molar-refractivity contribution is 7.89. The molecule has 0 bridgehead atoms. The minimum Gasteiger partial charge on any atom is -0.373 e. The molecular formula is C22H31N3O6S2. The Labute approximate surface area is 195 Å². The van der Waals surface area contributed by atoms with E-state index in [1.807, 2.05) is 12.1 Å². The molecule has 0 aliphatic carbocycles. The van der Waals surface area contributed by atoms with Gasteiger partial charge in [0.1, 0.15) is 0 Å². The van der Waals surface area contributed by atoms with E-state index in [1.54, 1.807) is 12.1 Å². The molecule has 4 rings (SSSR count). The molecule has 0 aromatic heterocycles. The monoisotopic (exact) mass is 497 g/mol. The van der Waals surface area contributed by atoms with Gasteiger partial charge in [-0.25, -0.2) is 13.6 Å². The maximum Gasteiger partial charge on any atom is 0.261 e. The molecule has 1 fully saturated rings. The van der Waals surface area contributed by atoms with E-state index >= 15 is 0 Å². The lowest BCUT2D eigenvalue weighted by Crippen LogP contribution is -2.47. The van der Waals surface area contributed by atoms with E-state index in [9.17, 15) is 16.8 Å². The molecule has 2 aromatic rings. The SMILES string of the molecule is CS(=O)(=O)O.NS(=O)(=O)c1ccc(N2CCN(CC[C@@H]3OCCc4ccccc43)CC2)cc1. The van der Waals surface area contributed by atoms with Gasteiger partial charge >= 0.3 is 0 Å². The van der Waals surface area contributed by atoms with Crippen molar-refractivity contribution in [1.82, 2.24) is 4.90 Å². The van der Waals surface area contributed by atoms with Crippen LogP contribution in [0.25, 0.3) is 0 Å². The third-order valence-corrected chi connectivity index (χ3v) is 6.63. The second-order valence-corrected chi connectivity index (χ2v) is 11.2. The number of hydrogen-bond acceptors (Lipinski definition) is 7. The Morgan fingerprint density at radius 2 is 1.61 bits per heavy atom. The summed E-state index contributed by atoms with van der Waals surface area (Å²) in [4.78, 5) is 4.92. The average Bonchev–Trinajstić information content (AvgIpc) is 2.76. The van der Waals surface area contributed by atoms with Crippen LogP contribution in [0, 0.1) is 0 Å². The van der Waals surface area contributed by atoms with Crippen molar-refractivity contribution in [3.63, 3.8) is 0 Å². The second-order valence-electron chi connectivity index (χ2n) is 8.20. The highest BCUT2D eigenvalue weighted by Gasteiger charge is 2.23. The number of anilines is 1. The zero-order chi connectivity index (χ0) is 24.1. The van der Waals surface area contributed by atoms with Crippen LogP contribution in [0.4, 0.5) is 5.69 Å². The van der Waals surface area contributed by atoms with Crippen LogP contribution in [-0.2, 0) is 31.3 Å². The van der Waals surface area contributed by atoms with E-state index in [0.29, 0.717) is 6.26 Å². The number of primary sulfonamides is 1. The molecule has 182 valence electrons. The lowest BCUT2D eigenvalue weighted by atomic mass is 9.95. The van der Waals surface area contributed by atoms with E-state index in [4.69, 9.17) is 14.4 Å². The molecule has 2 heterocycles. The quantitative estimate of drug-likeness (QED) is 0.597. The largest absolute Gasteiger partial charge is 0.373 e.